The number of amides is 1. The van der Waals surface area contributed by atoms with E-state index in [1.165, 1.54) is 0 Å². The Kier molecular flexibility index (Phi) is 4.71. The van der Waals surface area contributed by atoms with Crippen molar-refractivity contribution >= 4 is 11.7 Å². The Balaban J connectivity index is 1.57. The van der Waals surface area contributed by atoms with Gasteiger partial charge >= 0.3 is 6.18 Å². The Morgan fingerprint density at radius 2 is 1.93 bits per heavy atom. The van der Waals surface area contributed by atoms with E-state index in [1.807, 2.05) is 37.4 Å². The molecule has 7 heteroatoms. The van der Waals surface area contributed by atoms with Crippen LogP contribution >= 0.6 is 0 Å². The molecule has 0 radical (unpaired) electrons. The van der Waals surface area contributed by atoms with E-state index in [0.717, 1.165) is 36.1 Å². The van der Waals surface area contributed by atoms with Crippen LogP contribution in [-0.2, 0) is 18.3 Å². The molecule has 2 aliphatic carbocycles. The molecule has 150 valence electrons. The van der Waals surface area contributed by atoms with E-state index in [4.69, 9.17) is 0 Å². The number of alkyl halides is 3. The molecule has 4 rings (SSSR count). The third kappa shape index (κ3) is 3.54. The van der Waals surface area contributed by atoms with Crippen molar-refractivity contribution < 1.29 is 18.0 Å². The summed E-state index contributed by atoms with van der Waals surface area (Å²) >= 11 is 0. The SMILES string of the molecule is Cn1nc(NC(=O)CC2(C(F)(F)F)CC2)c(C2CCC2)c1Cc1ccccc1. The van der Waals surface area contributed by atoms with E-state index >= 15 is 0 Å². The van der Waals surface area contributed by atoms with Gasteiger partial charge in [-0.3, -0.25) is 9.48 Å². The molecule has 1 aromatic heterocycles. The van der Waals surface area contributed by atoms with E-state index < -0.39 is 23.9 Å². The van der Waals surface area contributed by atoms with Gasteiger partial charge in [-0.2, -0.15) is 18.3 Å². The number of aromatic nitrogens is 2. The normalized spacial score (nSPS) is 18.6. The second-order valence-corrected chi connectivity index (χ2v) is 8.13. The molecule has 1 amide bonds. The van der Waals surface area contributed by atoms with Gasteiger partial charge in [-0.1, -0.05) is 36.8 Å². The van der Waals surface area contributed by atoms with Crippen LogP contribution in [-0.4, -0.2) is 21.9 Å². The molecule has 28 heavy (non-hydrogen) atoms. The highest BCUT2D eigenvalue weighted by molar-refractivity contribution is 5.91. The van der Waals surface area contributed by atoms with E-state index in [0.29, 0.717) is 18.2 Å². The Morgan fingerprint density at radius 1 is 1.25 bits per heavy atom. The lowest BCUT2D eigenvalue weighted by atomic mass is 9.79. The van der Waals surface area contributed by atoms with Gasteiger partial charge in [-0.05, 0) is 37.2 Å². The van der Waals surface area contributed by atoms with Crippen LogP contribution in [0.2, 0.25) is 0 Å². The van der Waals surface area contributed by atoms with Gasteiger partial charge in [0, 0.05) is 31.1 Å². The molecule has 4 nitrogen and oxygen atoms in total. The summed E-state index contributed by atoms with van der Waals surface area (Å²) in [5.74, 6) is 0.140. The van der Waals surface area contributed by atoms with Crippen molar-refractivity contribution in [1.29, 1.82) is 0 Å². The predicted octanol–water partition coefficient (Wildman–Crippen LogP) is 4.95. The largest absolute Gasteiger partial charge is 0.395 e. The number of halogens is 3. The summed E-state index contributed by atoms with van der Waals surface area (Å²) in [6.45, 7) is 0. The van der Waals surface area contributed by atoms with Crippen molar-refractivity contribution in [3.05, 3.63) is 47.2 Å². The van der Waals surface area contributed by atoms with Crippen LogP contribution < -0.4 is 5.32 Å². The van der Waals surface area contributed by atoms with Gasteiger partial charge in [0.15, 0.2) is 5.82 Å². The molecule has 0 saturated heterocycles. The minimum absolute atomic E-state index is 0.0286. The van der Waals surface area contributed by atoms with Crippen molar-refractivity contribution in [2.24, 2.45) is 12.5 Å². The van der Waals surface area contributed by atoms with Gasteiger partial charge in [0.05, 0.1) is 5.41 Å². The fraction of sp³-hybridized carbons (Fsp3) is 0.524. The quantitative estimate of drug-likeness (QED) is 0.757. The summed E-state index contributed by atoms with van der Waals surface area (Å²) in [6.07, 6.45) is -0.962. The maximum absolute atomic E-state index is 13.2. The van der Waals surface area contributed by atoms with Gasteiger partial charge in [0.1, 0.15) is 0 Å². The molecule has 0 unspecified atom stereocenters. The molecular weight excluding hydrogens is 367 g/mol. The van der Waals surface area contributed by atoms with Crippen molar-refractivity contribution in [1.82, 2.24) is 9.78 Å². The zero-order valence-corrected chi connectivity index (χ0v) is 15.9. The standard InChI is InChI=1S/C21H24F3N3O/c1-27-16(12-14-6-3-2-4-7-14)18(15-8-5-9-15)19(26-27)25-17(28)13-20(10-11-20)21(22,23)24/h2-4,6-7,15H,5,8-13H2,1H3,(H,25,26,28). The van der Waals surface area contributed by atoms with Crippen LogP contribution in [0.5, 0.6) is 0 Å². The molecule has 2 saturated carbocycles. The number of anilines is 1. The van der Waals surface area contributed by atoms with Crippen molar-refractivity contribution in [2.45, 2.75) is 57.0 Å². The monoisotopic (exact) mass is 391 g/mol. The fourth-order valence-electron chi connectivity index (χ4n) is 3.99. The predicted molar refractivity (Wildman–Crippen MR) is 100 cm³/mol. The number of nitrogens with one attached hydrogen (secondary N) is 1. The van der Waals surface area contributed by atoms with Crippen molar-refractivity contribution in [2.75, 3.05) is 5.32 Å². The van der Waals surface area contributed by atoms with Crippen LogP contribution in [0.1, 0.15) is 61.3 Å². The highest BCUT2D eigenvalue weighted by Crippen LogP contribution is 2.60. The molecule has 2 fully saturated rings. The van der Waals surface area contributed by atoms with Gasteiger partial charge in [-0.25, -0.2) is 0 Å². The van der Waals surface area contributed by atoms with Crippen LogP contribution in [0.15, 0.2) is 30.3 Å². The molecule has 0 atom stereocenters. The molecule has 2 aromatic rings. The first-order chi connectivity index (χ1) is 13.3. The molecule has 1 heterocycles. The van der Waals surface area contributed by atoms with E-state index in [9.17, 15) is 18.0 Å². The third-order valence-corrected chi connectivity index (χ3v) is 6.15. The number of carbonyl (C=O) groups excluding carboxylic acids is 1. The van der Waals surface area contributed by atoms with Gasteiger partial charge in [0.2, 0.25) is 5.91 Å². The average molecular weight is 391 g/mol. The van der Waals surface area contributed by atoms with Gasteiger partial charge < -0.3 is 5.32 Å². The van der Waals surface area contributed by atoms with Crippen LogP contribution in [0.4, 0.5) is 19.0 Å². The van der Waals surface area contributed by atoms with Crippen LogP contribution in [0, 0.1) is 5.41 Å². The summed E-state index contributed by atoms with van der Waals surface area (Å²) in [5.41, 5.74) is 1.30. The van der Waals surface area contributed by atoms with Gasteiger partial charge in [0.25, 0.3) is 0 Å². The van der Waals surface area contributed by atoms with Gasteiger partial charge in [-0.15, -0.1) is 0 Å². The van der Waals surface area contributed by atoms with E-state index in [2.05, 4.69) is 10.4 Å². The zero-order chi connectivity index (χ0) is 19.9. The summed E-state index contributed by atoms with van der Waals surface area (Å²) in [7, 11) is 1.83. The number of carbonyl (C=O) groups is 1. The topological polar surface area (TPSA) is 46.9 Å². The average Bonchev–Trinajstić information content (AvgIpc) is 3.31. The third-order valence-electron chi connectivity index (χ3n) is 6.15. The van der Waals surface area contributed by atoms with Crippen molar-refractivity contribution in [3.63, 3.8) is 0 Å². The number of hydrogen-bond acceptors (Lipinski definition) is 2. The number of rotatable bonds is 6. The number of hydrogen-bond donors (Lipinski definition) is 1. The highest BCUT2D eigenvalue weighted by Gasteiger charge is 2.63. The van der Waals surface area contributed by atoms with E-state index in [1.54, 1.807) is 4.68 Å². The van der Waals surface area contributed by atoms with E-state index in [-0.39, 0.29) is 12.8 Å². The second-order valence-electron chi connectivity index (χ2n) is 8.13. The Labute approximate surface area is 162 Å². The maximum atomic E-state index is 13.2. The van der Waals surface area contributed by atoms with Crippen molar-refractivity contribution in [3.8, 4) is 0 Å². The highest BCUT2D eigenvalue weighted by atomic mass is 19.4. The number of nitrogens with zero attached hydrogens (tertiary/aromatic N) is 2. The first-order valence-corrected chi connectivity index (χ1v) is 9.75. The number of benzene rings is 1. The smallest absolute Gasteiger partial charge is 0.309 e. The van der Waals surface area contributed by atoms with Crippen LogP contribution in [0.3, 0.4) is 0 Å². The summed E-state index contributed by atoms with van der Waals surface area (Å²) in [5, 5.41) is 7.17. The lowest BCUT2D eigenvalue weighted by molar-refractivity contribution is -0.189. The Bertz CT molecular complexity index is 865. The first-order valence-electron chi connectivity index (χ1n) is 9.75. The molecular formula is C21H24F3N3O. The summed E-state index contributed by atoms with van der Waals surface area (Å²) < 4.78 is 41.3. The first kappa shape index (κ1) is 19.0. The second kappa shape index (κ2) is 6.94. The molecule has 0 spiro atoms. The minimum Gasteiger partial charge on any atom is -0.309 e. The minimum atomic E-state index is -4.33. The molecule has 1 N–H and O–H groups in total. The molecule has 0 bridgehead atoms. The molecule has 1 aromatic carbocycles. The summed E-state index contributed by atoms with van der Waals surface area (Å²) in [6, 6.07) is 9.98. The van der Waals surface area contributed by atoms with Crippen LogP contribution in [0.25, 0.3) is 0 Å². The maximum Gasteiger partial charge on any atom is 0.395 e. The Morgan fingerprint density at radius 3 is 2.46 bits per heavy atom. The lowest BCUT2D eigenvalue weighted by Gasteiger charge is -2.27. The zero-order valence-electron chi connectivity index (χ0n) is 15.9. The Hall–Kier alpha value is -2.31. The summed E-state index contributed by atoms with van der Waals surface area (Å²) in [4.78, 5) is 12.4. The fourth-order valence-corrected chi connectivity index (χ4v) is 3.99. The molecule has 0 aliphatic heterocycles. The lowest BCUT2D eigenvalue weighted by Crippen LogP contribution is -2.30. The molecule has 2 aliphatic rings. The number of aryl methyl sites for hydroxylation is 1.